The third kappa shape index (κ3) is 3.63. The number of rotatable bonds is 1. The minimum absolute atomic E-state index is 0.0303. The topological polar surface area (TPSA) is 26.0 Å². The molecule has 0 aromatic heterocycles. The van der Waals surface area contributed by atoms with Gasteiger partial charge in [0.25, 0.3) is 0 Å². The summed E-state index contributed by atoms with van der Waals surface area (Å²) in [5.74, 6) is 6.43. The number of hydrogen-bond donors (Lipinski definition) is 1. The van der Waals surface area contributed by atoms with Crippen LogP contribution in [0.1, 0.15) is 26.3 Å². The molecule has 0 saturated carbocycles. The molecule has 0 radical (unpaired) electrons. The molecule has 0 unspecified atom stereocenters. The van der Waals surface area contributed by atoms with Crippen LogP contribution in [-0.2, 0) is 0 Å². The van der Waals surface area contributed by atoms with E-state index in [2.05, 4.69) is 44.7 Å². The van der Waals surface area contributed by atoms with Gasteiger partial charge >= 0.3 is 0 Å². The summed E-state index contributed by atoms with van der Waals surface area (Å²) in [6.45, 7) is 6.33. The zero-order chi connectivity index (χ0) is 13.9. The maximum Gasteiger partial charge on any atom is 0.0393 e. The molecule has 0 atom stereocenters. The Morgan fingerprint density at radius 1 is 0.895 bits per heavy atom. The molecule has 0 amide bonds. The van der Waals surface area contributed by atoms with Crippen molar-refractivity contribution in [2.24, 2.45) is 5.41 Å². The van der Waals surface area contributed by atoms with Crippen molar-refractivity contribution in [1.29, 1.82) is 0 Å². The minimum Gasteiger partial charge on any atom is -0.398 e. The maximum absolute atomic E-state index is 5.98. The fourth-order valence-corrected chi connectivity index (χ4v) is 1.75. The van der Waals surface area contributed by atoms with Gasteiger partial charge in [-0.2, -0.15) is 0 Å². The molecule has 0 aliphatic heterocycles. The highest BCUT2D eigenvalue weighted by Gasteiger charge is 2.04. The number of hydrogen-bond acceptors (Lipinski definition) is 1. The lowest BCUT2D eigenvalue weighted by Gasteiger charge is -2.07. The SMILES string of the molecule is CC(C)(C)C#Cc1ccc(-c2ccccc2N)cc1. The fourth-order valence-electron chi connectivity index (χ4n) is 1.75. The minimum atomic E-state index is 0.0303. The zero-order valence-corrected chi connectivity index (χ0v) is 11.7. The van der Waals surface area contributed by atoms with Crippen molar-refractivity contribution in [3.63, 3.8) is 0 Å². The van der Waals surface area contributed by atoms with E-state index in [-0.39, 0.29) is 5.41 Å². The summed E-state index contributed by atoms with van der Waals surface area (Å²) >= 11 is 0. The summed E-state index contributed by atoms with van der Waals surface area (Å²) in [5, 5.41) is 0. The number of anilines is 1. The van der Waals surface area contributed by atoms with E-state index >= 15 is 0 Å². The van der Waals surface area contributed by atoms with Gasteiger partial charge in [-0.15, -0.1) is 0 Å². The molecule has 0 aliphatic rings. The van der Waals surface area contributed by atoms with Crippen LogP contribution in [0.3, 0.4) is 0 Å². The van der Waals surface area contributed by atoms with Gasteiger partial charge in [0.05, 0.1) is 0 Å². The van der Waals surface area contributed by atoms with E-state index in [1.165, 1.54) is 0 Å². The van der Waals surface area contributed by atoms with Gasteiger partial charge in [0, 0.05) is 22.2 Å². The van der Waals surface area contributed by atoms with E-state index in [0.717, 1.165) is 22.4 Å². The Kier molecular flexibility index (Phi) is 3.62. The molecule has 2 N–H and O–H groups in total. The van der Waals surface area contributed by atoms with Crippen molar-refractivity contribution in [3.8, 4) is 23.0 Å². The Balaban J connectivity index is 2.29. The summed E-state index contributed by atoms with van der Waals surface area (Å²) in [6.07, 6.45) is 0. The van der Waals surface area contributed by atoms with Gasteiger partial charge in [-0.1, -0.05) is 42.2 Å². The quantitative estimate of drug-likeness (QED) is 0.590. The predicted octanol–water partition coefficient (Wildman–Crippen LogP) is 4.33. The summed E-state index contributed by atoms with van der Waals surface area (Å²) in [6, 6.07) is 16.1. The third-order valence-electron chi connectivity index (χ3n) is 2.74. The van der Waals surface area contributed by atoms with Crippen LogP contribution >= 0.6 is 0 Å². The first kappa shape index (κ1) is 13.2. The van der Waals surface area contributed by atoms with Gasteiger partial charge in [0.2, 0.25) is 0 Å². The third-order valence-corrected chi connectivity index (χ3v) is 2.74. The second-order valence-corrected chi connectivity index (χ2v) is 5.66. The van der Waals surface area contributed by atoms with Crippen molar-refractivity contribution in [3.05, 3.63) is 54.1 Å². The van der Waals surface area contributed by atoms with Gasteiger partial charge < -0.3 is 5.73 Å². The van der Waals surface area contributed by atoms with E-state index in [1.807, 2.05) is 36.4 Å². The Bertz CT molecular complexity index is 619. The zero-order valence-electron chi connectivity index (χ0n) is 11.7. The van der Waals surface area contributed by atoms with Gasteiger partial charge in [0.1, 0.15) is 0 Å². The molecule has 1 nitrogen and oxygen atoms in total. The molecule has 19 heavy (non-hydrogen) atoms. The molecular formula is C18H19N. The van der Waals surface area contributed by atoms with Crippen molar-refractivity contribution < 1.29 is 0 Å². The van der Waals surface area contributed by atoms with Crippen LogP contribution in [-0.4, -0.2) is 0 Å². The van der Waals surface area contributed by atoms with Crippen molar-refractivity contribution in [2.75, 3.05) is 5.73 Å². The fraction of sp³-hybridized carbons (Fsp3) is 0.222. The van der Waals surface area contributed by atoms with Crippen LogP contribution in [0.2, 0.25) is 0 Å². The van der Waals surface area contributed by atoms with E-state index in [9.17, 15) is 0 Å². The molecule has 96 valence electrons. The van der Waals surface area contributed by atoms with E-state index in [0.29, 0.717) is 0 Å². The largest absolute Gasteiger partial charge is 0.398 e. The van der Waals surface area contributed by atoms with Crippen LogP contribution in [0.15, 0.2) is 48.5 Å². The van der Waals surface area contributed by atoms with Crippen molar-refractivity contribution in [1.82, 2.24) is 0 Å². The monoisotopic (exact) mass is 249 g/mol. The highest BCUT2D eigenvalue weighted by molar-refractivity contribution is 5.76. The van der Waals surface area contributed by atoms with Crippen LogP contribution in [0, 0.1) is 17.3 Å². The van der Waals surface area contributed by atoms with Crippen LogP contribution < -0.4 is 5.73 Å². The second-order valence-electron chi connectivity index (χ2n) is 5.66. The van der Waals surface area contributed by atoms with Crippen LogP contribution in [0.4, 0.5) is 5.69 Å². The summed E-state index contributed by atoms with van der Waals surface area (Å²) < 4.78 is 0. The molecule has 0 saturated heterocycles. The summed E-state index contributed by atoms with van der Waals surface area (Å²) in [5.41, 5.74) is 10.0. The van der Waals surface area contributed by atoms with Crippen molar-refractivity contribution in [2.45, 2.75) is 20.8 Å². The Hall–Kier alpha value is -2.20. The molecule has 0 aliphatic carbocycles. The van der Waals surface area contributed by atoms with Gasteiger partial charge in [-0.3, -0.25) is 0 Å². The molecule has 2 aromatic carbocycles. The number of para-hydroxylation sites is 1. The Morgan fingerprint density at radius 3 is 2.11 bits per heavy atom. The normalized spacial score (nSPS) is 10.7. The standard InChI is InChI=1S/C18H19N/c1-18(2,3)13-12-14-8-10-15(11-9-14)16-6-4-5-7-17(16)19/h4-11H,19H2,1-3H3. The molecule has 0 bridgehead atoms. The summed E-state index contributed by atoms with van der Waals surface area (Å²) in [4.78, 5) is 0. The van der Waals surface area contributed by atoms with E-state index in [1.54, 1.807) is 0 Å². The number of nitrogens with two attached hydrogens (primary N) is 1. The molecule has 1 heteroatoms. The smallest absolute Gasteiger partial charge is 0.0393 e. The Morgan fingerprint density at radius 2 is 1.53 bits per heavy atom. The Labute approximate surface area is 115 Å². The molecular weight excluding hydrogens is 230 g/mol. The van der Waals surface area contributed by atoms with Crippen LogP contribution in [0.5, 0.6) is 0 Å². The van der Waals surface area contributed by atoms with Crippen LogP contribution in [0.25, 0.3) is 11.1 Å². The van der Waals surface area contributed by atoms with E-state index in [4.69, 9.17) is 5.73 Å². The number of benzene rings is 2. The highest BCUT2D eigenvalue weighted by Crippen LogP contribution is 2.25. The van der Waals surface area contributed by atoms with Crippen molar-refractivity contribution >= 4 is 5.69 Å². The highest BCUT2D eigenvalue weighted by atomic mass is 14.6. The lowest BCUT2D eigenvalue weighted by Crippen LogP contribution is -1.99. The molecule has 0 heterocycles. The second kappa shape index (κ2) is 5.20. The molecule has 2 aromatic rings. The molecule has 0 fully saturated rings. The summed E-state index contributed by atoms with van der Waals surface area (Å²) in [7, 11) is 0. The van der Waals surface area contributed by atoms with Gasteiger partial charge in [0.15, 0.2) is 0 Å². The van der Waals surface area contributed by atoms with Gasteiger partial charge in [-0.25, -0.2) is 0 Å². The van der Waals surface area contributed by atoms with Gasteiger partial charge in [-0.05, 0) is 44.5 Å². The lowest BCUT2D eigenvalue weighted by atomic mass is 9.97. The van der Waals surface area contributed by atoms with E-state index < -0.39 is 0 Å². The average molecular weight is 249 g/mol. The predicted molar refractivity (Wildman–Crippen MR) is 82.6 cm³/mol. The first-order valence-corrected chi connectivity index (χ1v) is 6.44. The lowest BCUT2D eigenvalue weighted by molar-refractivity contribution is 0.571. The molecule has 2 rings (SSSR count). The number of nitrogen functional groups attached to an aromatic ring is 1. The first-order valence-electron chi connectivity index (χ1n) is 6.44. The maximum atomic E-state index is 5.98. The first-order chi connectivity index (χ1) is 8.96. The molecule has 0 spiro atoms. The average Bonchev–Trinajstić information content (AvgIpc) is 2.37.